The minimum Gasteiger partial charge on any atom is -0.367 e. The van der Waals surface area contributed by atoms with Gasteiger partial charge >= 0.3 is 0 Å². The molecule has 0 spiro atoms. The summed E-state index contributed by atoms with van der Waals surface area (Å²) in [5.74, 6) is -0.174. The number of hydrogen-bond acceptors (Lipinski definition) is 2. The number of hydrogen-bond donors (Lipinski definition) is 1. The minimum atomic E-state index is -0.174. The van der Waals surface area contributed by atoms with E-state index in [1.165, 1.54) is 17.3 Å². The number of nitrogens with zero attached hydrogens (tertiary/aromatic N) is 1. The topological polar surface area (TPSA) is 29.3 Å². The number of nitrogens with two attached hydrogens (primary N) is 1. The van der Waals surface area contributed by atoms with Gasteiger partial charge in [-0.3, -0.25) is 0 Å². The fourth-order valence-electron chi connectivity index (χ4n) is 2.87. The minimum absolute atomic E-state index is 0.122. The molecule has 104 valence electrons. The molecule has 2 aromatic rings. The molecule has 0 fully saturated rings. The Morgan fingerprint density at radius 3 is 2.85 bits per heavy atom. The molecular weight excluding hydrogens is 251 g/mol. The lowest BCUT2D eigenvalue weighted by atomic mass is 9.96. The first-order valence-corrected chi connectivity index (χ1v) is 6.99. The van der Waals surface area contributed by atoms with Crippen molar-refractivity contribution in [2.24, 2.45) is 5.73 Å². The fraction of sp³-hybridized carbons (Fsp3) is 0.294. The van der Waals surface area contributed by atoms with Crippen LogP contribution in [-0.2, 0) is 6.54 Å². The van der Waals surface area contributed by atoms with Gasteiger partial charge in [0.2, 0.25) is 0 Å². The first kappa shape index (κ1) is 13.1. The van der Waals surface area contributed by atoms with Crippen LogP contribution in [0.3, 0.4) is 0 Å². The van der Waals surface area contributed by atoms with Gasteiger partial charge in [-0.1, -0.05) is 24.3 Å². The van der Waals surface area contributed by atoms with Crippen molar-refractivity contribution < 1.29 is 4.39 Å². The molecule has 1 unspecified atom stereocenters. The van der Waals surface area contributed by atoms with E-state index in [0.717, 1.165) is 30.6 Å². The van der Waals surface area contributed by atoms with Gasteiger partial charge in [0, 0.05) is 24.8 Å². The molecule has 3 heteroatoms. The number of benzene rings is 2. The zero-order valence-corrected chi connectivity index (χ0v) is 11.6. The maximum absolute atomic E-state index is 13.2. The maximum Gasteiger partial charge on any atom is 0.123 e. The summed E-state index contributed by atoms with van der Waals surface area (Å²) < 4.78 is 13.2. The van der Waals surface area contributed by atoms with E-state index in [9.17, 15) is 4.39 Å². The van der Waals surface area contributed by atoms with E-state index in [2.05, 4.69) is 17.0 Å². The van der Waals surface area contributed by atoms with Crippen LogP contribution < -0.4 is 10.6 Å². The quantitative estimate of drug-likeness (QED) is 0.904. The molecule has 1 aliphatic rings. The van der Waals surface area contributed by atoms with Gasteiger partial charge in [0.15, 0.2) is 0 Å². The Morgan fingerprint density at radius 2 is 2.05 bits per heavy atom. The molecule has 2 aromatic carbocycles. The molecular formula is C17H19FN2. The van der Waals surface area contributed by atoms with Crippen molar-refractivity contribution in [2.75, 3.05) is 11.4 Å². The third-order valence-corrected chi connectivity index (χ3v) is 4.05. The molecule has 0 aromatic heterocycles. The SMILES string of the molecule is Cc1cc(F)ccc1CN1CCC(N)c2ccccc21. The van der Waals surface area contributed by atoms with Crippen LogP contribution in [0.1, 0.15) is 29.2 Å². The summed E-state index contributed by atoms with van der Waals surface area (Å²) in [5, 5.41) is 0. The van der Waals surface area contributed by atoms with Crippen molar-refractivity contribution in [2.45, 2.75) is 25.9 Å². The van der Waals surface area contributed by atoms with E-state index >= 15 is 0 Å². The lowest BCUT2D eigenvalue weighted by molar-refractivity contribution is 0.589. The first-order chi connectivity index (χ1) is 9.65. The average Bonchev–Trinajstić information content (AvgIpc) is 2.45. The molecule has 20 heavy (non-hydrogen) atoms. The second-order valence-corrected chi connectivity index (χ2v) is 5.45. The van der Waals surface area contributed by atoms with Crippen molar-refractivity contribution in [3.05, 3.63) is 65.0 Å². The lowest BCUT2D eigenvalue weighted by Gasteiger charge is -2.34. The molecule has 0 bridgehead atoms. The third-order valence-electron chi connectivity index (χ3n) is 4.05. The number of rotatable bonds is 2. The number of anilines is 1. The predicted octanol–water partition coefficient (Wildman–Crippen LogP) is 3.54. The highest BCUT2D eigenvalue weighted by molar-refractivity contribution is 5.57. The standard InChI is InChI=1S/C17H19FN2/c1-12-10-14(18)7-6-13(12)11-20-9-8-16(19)15-4-2-3-5-17(15)20/h2-7,10,16H,8-9,11,19H2,1H3. The molecule has 0 aliphatic carbocycles. The monoisotopic (exact) mass is 270 g/mol. The van der Waals surface area contributed by atoms with Gasteiger partial charge in [-0.25, -0.2) is 4.39 Å². The van der Waals surface area contributed by atoms with E-state index in [1.807, 2.05) is 25.1 Å². The van der Waals surface area contributed by atoms with Crippen LogP contribution in [0.5, 0.6) is 0 Å². The zero-order chi connectivity index (χ0) is 14.1. The van der Waals surface area contributed by atoms with E-state index in [-0.39, 0.29) is 11.9 Å². The Hall–Kier alpha value is -1.87. The van der Waals surface area contributed by atoms with Gasteiger partial charge in [0.1, 0.15) is 5.82 Å². The molecule has 2 nitrogen and oxygen atoms in total. The highest BCUT2D eigenvalue weighted by Crippen LogP contribution is 2.33. The normalized spacial score (nSPS) is 17.9. The van der Waals surface area contributed by atoms with Gasteiger partial charge in [-0.15, -0.1) is 0 Å². The molecule has 0 radical (unpaired) electrons. The predicted molar refractivity (Wildman–Crippen MR) is 80.2 cm³/mol. The number of fused-ring (bicyclic) bond motifs is 1. The molecule has 0 saturated heterocycles. The summed E-state index contributed by atoms with van der Waals surface area (Å²) in [4.78, 5) is 2.33. The molecule has 1 heterocycles. The van der Waals surface area contributed by atoms with Gasteiger partial charge in [-0.05, 0) is 48.2 Å². The second kappa shape index (κ2) is 5.25. The summed E-state index contributed by atoms with van der Waals surface area (Å²) >= 11 is 0. The molecule has 3 rings (SSSR count). The van der Waals surface area contributed by atoms with E-state index in [4.69, 9.17) is 5.73 Å². The van der Waals surface area contributed by atoms with Crippen molar-refractivity contribution in [3.63, 3.8) is 0 Å². The average molecular weight is 270 g/mol. The van der Waals surface area contributed by atoms with Crippen LogP contribution in [0.4, 0.5) is 10.1 Å². The molecule has 2 N–H and O–H groups in total. The van der Waals surface area contributed by atoms with Crippen LogP contribution in [-0.4, -0.2) is 6.54 Å². The van der Waals surface area contributed by atoms with Crippen molar-refractivity contribution >= 4 is 5.69 Å². The third kappa shape index (κ3) is 2.41. The zero-order valence-electron chi connectivity index (χ0n) is 11.6. The van der Waals surface area contributed by atoms with Crippen LogP contribution in [0.25, 0.3) is 0 Å². The van der Waals surface area contributed by atoms with Crippen LogP contribution >= 0.6 is 0 Å². The summed E-state index contributed by atoms with van der Waals surface area (Å²) in [6, 6.07) is 13.4. The highest BCUT2D eigenvalue weighted by atomic mass is 19.1. The van der Waals surface area contributed by atoms with Gasteiger partial charge in [0.25, 0.3) is 0 Å². The lowest BCUT2D eigenvalue weighted by Crippen LogP contribution is -2.33. The molecule has 0 saturated carbocycles. The molecule has 1 atom stereocenters. The molecule has 0 amide bonds. The van der Waals surface area contributed by atoms with E-state index in [0.29, 0.717) is 0 Å². The largest absolute Gasteiger partial charge is 0.367 e. The summed E-state index contributed by atoms with van der Waals surface area (Å²) in [6.45, 7) is 3.70. The first-order valence-electron chi connectivity index (χ1n) is 6.99. The Kier molecular flexibility index (Phi) is 3.45. The van der Waals surface area contributed by atoms with E-state index in [1.54, 1.807) is 6.07 Å². The van der Waals surface area contributed by atoms with E-state index < -0.39 is 0 Å². The van der Waals surface area contributed by atoms with Gasteiger partial charge in [0.05, 0.1) is 0 Å². The van der Waals surface area contributed by atoms with Crippen molar-refractivity contribution in [1.82, 2.24) is 0 Å². The van der Waals surface area contributed by atoms with Crippen molar-refractivity contribution in [1.29, 1.82) is 0 Å². The Balaban J connectivity index is 1.90. The highest BCUT2D eigenvalue weighted by Gasteiger charge is 2.22. The smallest absolute Gasteiger partial charge is 0.123 e. The number of aryl methyl sites for hydroxylation is 1. The number of halogens is 1. The second-order valence-electron chi connectivity index (χ2n) is 5.45. The Labute approximate surface area is 119 Å². The van der Waals surface area contributed by atoms with Gasteiger partial charge in [-0.2, -0.15) is 0 Å². The van der Waals surface area contributed by atoms with Crippen LogP contribution in [0, 0.1) is 12.7 Å². The van der Waals surface area contributed by atoms with Crippen LogP contribution in [0.2, 0.25) is 0 Å². The summed E-state index contributed by atoms with van der Waals surface area (Å²) in [7, 11) is 0. The van der Waals surface area contributed by atoms with Gasteiger partial charge < -0.3 is 10.6 Å². The summed E-state index contributed by atoms with van der Waals surface area (Å²) in [6.07, 6.45) is 0.956. The summed E-state index contributed by atoms with van der Waals surface area (Å²) in [5.41, 5.74) is 10.7. The maximum atomic E-state index is 13.2. The Morgan fingerprint density at radius 1 is 1.25 bits per heavy atom. The fourth-order valence-corrected chi connectivity index (χ4v) is 2.87. The molecule has 1 aliphatic heterocycles. The van der Waals surface area contributed by atoms with Crippen molar-refractivity contribution in [3.8, 4) is 0 Å². The van der Waals surface area contributed by atoms with Crippen LogP contribution in [0.15, 0.2) is 42.5 Å². The Bertz CT molecular complexity index is 624. The number of para-hydroxylation sites is 1.